The maximum absolute atomic E-state index is 14.2. The highest BCUT2D eigenvalue weighted by molar-refractivity contribution is 6.33. The van der Waals surface area contributed by atoms with E-state index in [0.717, 1.165) is 30.4 Å². The highest BCUT2D eigenvalue weighted by atomic mass is 35.5. The molecule has 0 heterocycles. The molecule has 1 atom stereocenters. The fourth-order valence-corrected chi connectivity index (χ4v) is 3.57. The molecule has 0 radical (unpaired) electrons. The maximum Gasteiger partial charge on any atom is 0.145 e. The van der Waals surface area contributed by atoms with E-state index in [1.165, 1.54) is 11.1 Å². The Balaban J connectivity index is 1.87. The average molecular weight is 341 g/mol. The van der Waals surface area contributed by atoms with Crippen LogP contribution in [0.4, 0.5) is 4.39 Å². The lowest BCUT2D eigenvalue weighted by Gasteiger charge is -2.19. The molecule has 1 aliphatic rings. The number of allylic oxidation sites excluding steroid dienone is 3. The molecule has 0 nitrogen and oxygen atoms in total. The Kier molecular flexibility index (Phi) is 5.20. The third-order valence-electron chi connectivity index (χ3n) is 4.89. The Labute approximate surface area is 148 Å². The number of halogens is 2. The van der Waals surface area contributed by atoms with Crippen LogP contribution < -0.4 is 0 Å². The van der Waals surface area contributed by atoms with Crippen molar-refractivity contribution < 1.29 is 4.39 Å². The molecule has 0 saturated heterocycles. The van der Waals surface area contributed by atoms with Crippen LogP contribution in [0.25, 0.3) is 16.7 Å². The van der Waals surface area contributed by atoms with Gasteiger partial charge in [-0.3, -0.25) is 0 Å². The first-order chi connectivity index (χ1) is 11.6. The summed E-state index contributed by atoms with van der Waals surface area (Å²) in [6.07, 6.45) is 8.31. The predicted molar refractivity (Wildman–Crippen MR) is 102 cm³/mol. The van der Waals surface area contributed by atoms with Gasteiger partial charge in [0.1, 0.15) is 5.82 Å². The quantitative estimate of drug-likeness (QED) is 0.522. The van der Waals surface area contributed by atoms with Gasteiger partial charge in [-0.25, -0.2) is 4.39 Å². The predicted octanol–water partition coefficient (Wildman–Crippen LogP) is 7.08. The molecular formula is C22H22ClF. The van der Waals surface area contributed by atoms with Gasteiger partial charge in [0.15, 0.2) is 0 Å². The van der Waals surface area contributed by atoms with E-state index in [1.54, 1.807) is 0 Å². The molecule has 0 N–H and O–H groups in total. The third-order valence-corrected chi connectivity index (χ3v) is 5.26. The monoisotopic (exact) mass is 340 g/mol. The van der Waals surface area contributed by atoms with E-state index in [2.05, 4.69) is 24.8 Å². The average Bonchev–Trinajstić information content (AvgIpc) is 2.64. The highest BCUT2D eigenvalue weighted by Gasteiger charge is 2.14. The van der Waals surface area contributed by atoms with E-state index < -0.39 is 0 Å². The summed E-state index contributed by atoms with van der Waals surface area (Å²) >= 11 is 6.24. The molecule has 2 heteroatoms. The van der Waals surface area contributed by atoms with Gasteiger partial charge in [-0.05, 0) is 53.9 Å². The van der Waals surface area contributed by atoms with E-state index in [4.69, 9.17) is 11.6 Å². The molecule has 3 rings (SSSR count). The lowest BCUT2D eigenvalue weighted by Crippen LogP contribution is -2.02. The van der Waals surface area contributed by atoms with Gasteiger partial charge in [-0.1, -0.05) is 67.1 Å². The number of benzene rings is 2. The molecule has 0 amide bonds. The van der Waals surface area contributed by atoms with Crippen molar-refractivity contribution >= 4 is 17.2 Å². The van der Waals surface area contributed by atoms with E-state index in [1.807, 2.05) is 37.3 Å². The van der Waals surface area contributed by atoms with Crippen LogP contribution in [0.3, 0.4) is 0 Å². The van der Waals surface area contributed by atoms with Crippen molar-refractivity contribution in [1.29, 1.82) is 0 Å². The van der Waals surface area contributed by atoms with Crippen molar-refractivity contribution in [2.75, 3.05) is 0 Å². The topological polar surface area (TPSA) is 0 Å². The van der Waals surface area contributed by atoms with Crippen LogP contribution in [0, 0.1) is 11.7 Å². The second kappa shape index (κ2) is 7.36. The molecule has 124 valence electrons. The fraction of sp³-hybridized carbons (Fsp3) is 0.273. The summed E-state index contributed by atoms with van der Waals surface area (Å²) in [6, 6.07) is 12.0. The van der Waals surface area contributed by atoms with Gasteiger partial charge in [0, 0.05) is 5.56 Å². The first-order valence-corrected chi connectivity index (χ1v) is 8.91. The number of hydrogen-bond donors (Lipinski definition) is 0. The standard InChI is InChI=1S/C22H22ClF/c1-3-15-5-7-17(8-6-15)18-9-11-19(12-10-18)20-14-13-16(4-2)22(24)21(20)23/h3,7,9-15H,1,4-6,8H2,2H3. The molecular weight excluding hydrogens is 319 g/mol. The zero-order valence-electron chi connectivity index (χ0n) is 14.0. The van der Waals surface area contributed by atoms with Gasteiger partial charge in [-0.15, -0.1) is 6.58 Å². The van der Waals surface area contributed by atoms with E-state index in [0.29, 0.717) is 17.9 Å². The Morgan fingerprint density at radius 2 is 1.88 bits per heavy atom. The third kappa shape index (κ3) is 3.32. The van der Waals surface area contributed by atoms with Crippen LogP contribution in [0.15, 0.2) is 55.1 Å². The van der Waals surface area contributed by atoms with Gasteiger partial charge < -0.3 is 0 Å². The number of aryl methyl sites for hydroxylation is 1. The Bertz CT molecular complexity index is 771. The van der Waals surface area contributed by atoms with Crippen molar-refractivity contribution in [2.45, 2.75) is 32.6 Å². The van der Waals surface area contributed by atoms with Crippen molar-refractivity contribution in [3.8, 4) is 11.1 Å². The highest BCUT2D eigenvalue weighted by Crippen LogP contribution is 2.34. The van der Waals surface area contributed by atoms with Crippen LogP contribution in [0.2, 0.25) is 5.02 Å². The summed E-state index contributed by atoms with van der Waals surface area (Å²) in [7, 11) is 0. The zero-order valence-corrected chi connectivity index (χ0v) is 14.7. The smallest absolute Gasteiger partial charge is 0.145 e. The van der Waals surface area contributed by atoms with Crippen LogP contribution >= 0.6 is 11.6 Å². The lowest BCUT2D eigenvalue weighted by atomic mass is 9.86. The van der Waals surface area contributed by atoms with Crippen molar-refractivity contribution in [2.24, 2.45) is 5.92 Å². The molecule has 0 fully saturated rings. The van der Waals surface area contributed by atoms with Crippen molar-refractivity contribution in [1.82, 2.24) is 0 Å². The van der Waals surface area contributed by atoms with Gasteiger partial charge in [0.25, 0.3) is 0 Å². The van der Waals surface area contributed by atoms with Gasteiger partial charge in [0.2, 0.25) is 0 Å². The minimum atomic E-state index is -0.300. The molecule has 1 aliphatic carbocycles. The van der Waals surface area contributed by atoms with E-state index in [-0.39, 0.29) is 10.8 Å². The zero-order chi connectivity index (χ0) is 17.1. The Morgan fingerprint density at radius 1 is 1.17 bits per heavy atom. The lowest BCUT2D eigenvalue weighted by molar-refractivity contribution is 0.593. The largest absolute Gasteiger partial charge is 0.205 e. The van der Waals surface area contributed by atoms with Crippen LogP contribution in [-0.4, -0.2) is 0 Å². The number of hydrogen-bond acceptors (Lipinski definition) is 0. The molecule has 24 heavy (non-hydrogen) atoms. The van der Waals surface area contributed by atoms with Gasteiger partial charge in [-0.2, -0.15) is 0 Å². The Morgan fingerprint density at radius 3 is 2.46 bits per heavy atom. The van der Waals surface area contributed by atoms with Gasteiger partial charge in [0.05, 0.1) is 5.02 Å². The second-order valence-electron chi connectivity index (χ2n) is 6.33. The fourth-order valence-electron chi connectivity index (χ4n) is 3.28. The van der Waals surface area contributed by atoms with Crippen LogP contribution in [0.1, 0.15) is 37.3 Å². The first-order valence-electron chi connectivity index (χ1n) is 8.53. The molecule has 0 aliphatic heterocycles. The number of rotatable bonds is 4. The molecule has 1 unspecified atom stereocenters. The molecule has 2 aromatic carbocycles. The minimum absolute atomic E-state index is 0.216. The summed E-state index contributed by atoms with van der Waals surface area (Å²) in [6.45, 7) is 5.81. The SMILES string of the molecule is C=CC1CC=C(c2ccc(-c3ccc(CC)c(F)c3Cl)cc2)CC1. The Hall–Kier alpha value is -1.86. The van der Waals surface area contributed by atoms with Crippen molar-refractivity contribution in [3.63, 3.8) is 0 Å². The normalized spacial score (nSPS) is 17.5. The summed E-state index contributed by atoms with van der Waals surface area (Å²) in [5.41, 5.74) is 4.98. The van der Waals surface area contributed by atoms with Crippen LogP contribution in [-0.2, 0) is 6.42 Å². The van der Waals surface area contributed by atoms with Crippen LogP contribution in [0.5, 0.6) is 0 Å². The first kappa shape index (κ1) is 17.0. The molecule has 2 aromatic rings. The molecule has 0 spiro atoms. The summed E-state index contributed by atoms with van der Waals surface area (Å²) in [4.78, 5) is 0. The second-order valence-corrected chi connectivity index (χ2v) is 6.71. The summed E-state index contributed by atoms with van der Waals surface area (Å²) < 4.78 is 14.2. The molecule has 0 bridgehead atoms. The summed E-state index contributed by atoms with van der Waals surface area (Å²) in [5, 5.41) is 0.216. The maximum atomic E-state index is 14.2. The summed E-state index contributed by atoms with van der Waals surface area (Å²) in [5.74, 6) is 0.304. The van der Waals surface area contributed by atoms with Gasteiger partial charge >= 0.3 is 0 Å². The molecule has 0 aromatic heterocycles. The van der Waals surface area contributed by atoms with Crippen molar-refractivity contribution in [3.05, 3.63) is 77.1 Å². The minimum Gasteiger partial charge on any atom is -0.205 e. The van der Waals surface area contributed by atoms with E-state index >= 15 is 0 Å². The van der Waals surface area contributed by atoms with E-state index in [9.17, 15) is 4.39 Å². The molecule has 0 saturated carbocycles.